The summed E-state index contributed by atoms with van der Waals surface area (Å²) in [7, 11) is 0. The van der Waals surface area contributed by atoms with Gasteiger partial charge in [0, 0.05) is 21.1 Å². The number of nitrogens with zero attached hydrogens (tertiary/aromatic N) is 1. The van der Waals surface area contributed by atoms with Crippen LogP contribution in [0.1, 0.15) is 11.1 Å². The molecule has 0 amide bonds. The van der Waals surface area contributed by atoms with E-state index in [9.17, 15) is 4.39 Å². The zero-order valence-electron chi connectivity index (χ0n) is 10.8. The van der Waals surface area contributed by atoms with Gasteiger partial charge in [-0.1, -0.05) is 17.3 Å². The van der Waals surface area contributed by atoms with Crippen LogP contribution in [0.5, 0.6) is 0 Å². The molecule has 4 nitrogen and oxygen atoms in total. The first-order valence-corrected chi connectivity index (χ1v) is 7.55. The molecule has 0 aliphatic heterocycles. The Labute approximate surface area is 138 Å². The van der Waals surface area contributed by atoms with Crippen LogP contribution in [0.4, 0.5) is 10.1 Å². The third kappa shape index (κ3) is 3.74. The van der Waals surface area contributed by atoms with Crippen LogP contribution < -0.4 is 11.1 Å². The van der Waals surface area contributed by atoms with Gasteiger partial charge >= 0.3 is 0 Å². The standard InChI is InChI=1S/C14H12Br2FN3O/c15-11-2-1-3-12(16)13(11)19-7-8-4-5-9(17)6-10(8)14(18)20-21/h1-6,19,21H,7H2,(H2,18,20). The fourth-order valence-corrected chi connectivity index (χ4v) is 3.12. The minimum Gasteiger partial charge on any atom is -0.409 e. The van der Waals surface area contributed by atoms with E-state index in [2.05, 4.69) is 42.3 Å². The second-order valence-corrected chi connectivity index (χ2v) is 5.95. The van der Waals surface area contributed by atoms with E-state index in [1.807, 2.05) is 18.2 Å². The largest absolute Gasteiger partial charge is 0.409 e. The smallest absolute Gasteiger partial charge is 0.170 e. The molecule has 0 aliphatic rings. The molecule has 0 saturated carbocycles. The van der Waals surface area contributed by atoms with E-state index in [-0.39, 0.29) is 5.84 Å². The summed E-state index contributed by atoms with van der Waals surface area (Å²) in [5.74, 6) is -0.570. The fraction of sp³-hybridized carbons (Fsp3) is 0.0714. The van der Waals surface area contributed by atoms with Crippen LogP contribution in [0, 0.1) is 5.82 Å². The molecule has 0 saturated heterocycles. The number of anilines is 1. The van der Waals surface area contributed by atoms with Crippen LogP contribution in [0.25, 0.3) is 0 Å². The lowest BCUT2D eigenvalue weighted by Crippen LogP contribution is -2.17. The SMILES string of the molecule is N/C(=N/O)c1cc(F)ccc1CNc1c(Br)cccc1Br. The van der Waals surface area contributed by atoms with Gasteiger partial charge in [-0.25, -0.2) is 4.39 Å². The molecule has 0 fully saturated rings. The Morgan fingerprint density at radius 1 is 1.24 bits per heavy atom. The molecule has 0 unspecified atom stereocenters. The van der Waals surface area contributed by atoms with Gasteiger partial charge in [0.15, 0.2) is 5.84 Å². The van der Waals surface area contributed by atoms with Gasteiger partial charge < -0.3 is 16.3 Å². The molecule has 2 rings (SSSR count). The molecule has 0 aromatic heterocycles. The fourth-order valence-electron chi connectivity index (χ4n) is 1.85. The molecule has 0 heterocycles. The first-order valence-electron chi connectivity index (χ1n) is 5.97. The maximum atomic E-state index is 13.3. The predicted molar refractivity (Wildman–Crippen MR) is 88.1 cm³/mol. The highest BCUT2D eigenvalue weighted by Gasteiger charge is 2.10. The predicted octanol–water partition coefficient (Wildman–Crippen LogP) is 4.06. The molecule has 21 heavy (non-hydrogen) atoms. The van der Waals surface area contributed by atoms with Crippen LogP contribution in [-0.4, -0.2) is 11.0 Å². The van der Waals surface area contributed by atoms with Crippen LogP contribution >= 0.6 is 31.9 Å². The van der Waals surface area contributed by atoms with Crippen molar-refractivity contribution in [2.24, 2.45) is 10.9 Å². The van der Waals surface area contributed by atoms with E-state index < -0.39 is 5.82 Å². The molecule has 0 bridgehead atoms. The maximum Gasteiger partial charge on any atom is 0.170 e. The molecule has 0 aliphatic carbocycles. The summed E-state index contributed by atoms with van der Waals surface area (Å²) in [6.07, 6.45) is 0. The van der Waals surface area contributed by atoms with Gasteiger partial charge in [0.25, 0.3) is 0 Å². The zero-order valence-corrected chi connectivity index (χ0v) is 13.9. The number of nitrogens with one attached hydrogen (secondary N) is 1. The number of hydrogen-bond donors (Lipinski definition) is 3. The number of oxime groups is 1. The second-order valence-electron chi connectivity index (χ2n) is 4.24. The van der Waals surface area contributed by atoms with Crippen molar-refractivity contribution in [2.75, 3.05) is 5.32 Å². The van der Waals surface area contributed by atoms with Gasteiger partial charge in [0.1, 0.15) is 5.82 Å². The summed E-state index contributed by atoms with van der Waals surface area (Å²) >= 11 is 6.90. The quantitative estimate of drug-likeness (QED) is 0.304. The lowest BCUT2D eigenvalue weighted by atomic mass is 10.1. The Bertz CT molecular complexity index is 672. The van der Waals surface area contributed by atoms with E-state index in [1.165, 1.54) is 12.1 Å². The highest BCUT2D eigenvalue weighted by Crippen LogP contribution is 2.31. The molecule has 0 radical (unpaired) electrons. The van der Waals surface area contributed by atoms with Crippen LogP contribution in [0.15, 0.2) is 50.5 Å². The molecule has 2 aromatic rings. The topological polar surface area (TPSA) is 70.6 Å². The second kappa shape index (κ2) is 6.91. The third-order valence-corrected chi connectivity index (χ3v) is 4.20. The lowest BCUT2D eigenvalue weighted by molar-refractivity contribution is 0.318. The molecule has 4 N–H and O–H groups in total. The summed E-state index contributed by atoms with van der Waals surface area (Å²) in [6.45, 7) is 0.396. The van der Waals surface area contributed by atoms with Gasteiger partial charge in [-0.2, -0.15) is 0 Å². The third-order valence-electron chi connectivity index (χ3n) is 2.87. The molecular weight excluding hydrogens is 405 g/mol. The van der Waals surface area contributed by atoms with Crippen LogP contribution in [0.3, 0.4) is 0 Å². The minimum atomic E-state index is -0.442. The average Bonchev–Trinajstić information content (AvgIpc) is 2.47. The first-order chi connectivity index (χ1) is 10.0. The Morgan fingerprint density at radius 2 is 1.90 bits per heavy atom. The van der Waals surface area contributed by atoms with Crippen molar-refractivity contribution >= 4 is 43.4 Å². The van der Waals surface area contributed by atoms with E-state index in [0.717, 1.165) is 14.6 Å². The molecule has 2 aromatic carbocycles. The van der Waals surface area contributed by atoms with Crippen LogP contribution in [-0.2, 0) is 6.54 Å². The molecule has 7 heteroatoms. The number of halogens is 3. The van der Waals surface area contributed by atoms with Gasteiger partial charge in [-0.3, -0.25) is 0 Å². The van der Waals surface area contributed by atoms with Gasteiger partial charge in [-0.05, 0) is 61.7 Å². The average molecular weight is 417 g/mol. The van der Waals surface area contributed by atoms with Gasteiger partial charge in [-0.15, -0.1) is 0 Å². The zero-order chi connectivity index (χ0) is 15.4. The molecule has 110 valence electrons. The summed E-state index contributed by atoms with van der Waals surface area (Å²) in [5, 5.41) is 14.9. The van der Waals surface area contributed by atoms with Crippen molar-refractivity contribution in [1.82, 2.24) is 0 Å². The Hall–Kier alpha value is -1.60. The van der Waals surface area contributed by atoms with Crippen molar-refractivity contribution in [1.29, 1.82) is 0 Å². The van der Waals surface area contributed by atoms with Crippen molar-refractivity contribution < 1.29 is 9.60 Å². The monoisotopic (exact) mass is 415 g/mol. The normalized spacial score (nSPS) is 11.5. The van der Waals surface area contributed by atoms with Crippen LogP contribution in [0.2, 0.25) is 0 Å². The summed E-state index contributed by atoms with van der Waals surface area (Å²) < 4.78 is 15.1. The number of rotatable bonds is 4. The minimum absolute atomic E-state index is 0.127. The highest BCUT2D eigenvalue weighted by atomic mass is 79.9. The maximum absolute atomic E-state index is 13.3. The lowest BCUT2D eigenvalue weighted by Gasteiger charge is -2.13. The van der Waals surface area contributed by atoms with Gasteiger partial charge in [0.05, 0.1) is 5.69 Å². The number of para-hydroxylation sites is 1. The van der Waals surface area contributed by atoms with E-state index in [1.54, 1.807) is 6.07 Å². The van der Waals surface area contributed by atoms with E-state index in [0.29, 0.717) is 17.7 Å². The Balaban J connectivity index is 2.28. The van der Waals surface area contributed by atoms with E-state index >= 15 is 0 Å². The molecule has 0 atom stereocenters. The molecular formula is C14H12Br2FN3O. The number of amidine groups is 1. The number of nitrogens with two attached hydrogens (primary N) is 1. The van der Waals surface area contributed by atoms with Gasteiger partial charge in [0.2, 0.25) is 0 Å². The molecule has 0 spiro atoms. The first kappa shape index (κ1) is 15.8. The highest BCUT2D eigenvalue weighted by molar-refractivity contribution is 9.11. The van der Waals surface area contributed by atoms with E-state index in [4.69, 9.17) is 10.9 Å². The summed E-state index contributed by atoms with van der Waals surface area (Å²) in [4.78, 5) is 0. The number of benzene rings is 2. The Kier molecular flexibility index (Phi) is 5.19. The summed E-state index contributed by atoms with van der Waals surface area (Å²) in [6, 6.07) is 9.88. The Morgan fingerprint density at radius 3 is 2.52 bits per heavy atom. The number of hydrogen-bond acceptors (Lipinski definition) is 3. The van der Waals surface area contributed by atoms with Crippen molar-refractivity contribution in [3.8, 4) is 0 Å². The van der Waals surface area contributed by atoms with Crippen molar-refractivity contribution in [2.45, 2.75) is 6.54 Å². The van der Waals surface area contributed by atoms with Crippen molar-refractivity contribution in [3.05, 3.63) is 62.3 Å². The van der Waals surface area contributed by atoms with Crippen molar-refractivity contribution in [3.63, 3.8) is 0 Å². The summed E-state index contributed by atoms with van der Waals surface area (Å²) in [5.41, 5.74) is 7.52.